The first-order valence-corrected chi connectivity index (χ1v) is 9.37. The molecule has 2 unspecified atom stereocenters. The molecule has 2 atom stereocenters. The lowest BCUT2D eigenvalue weighted by Gasteiger charge is -2.19. The van der Waals surface area contributed by atoms with Gasteiger partial charge in [-0.25, -0.2) is 0 Å². The van der Waals surface area contributed by atoms with Gasteiger partial charge in [-0.3, -0.25) is 4.79 Å². The first-order valence-electron chi connectivity index (χ1n) is 9.37. The van der Waals surface area contributed by atoms with Gasteiger partial charge in [-0.15, -0.1) is 0 Å². The van der Waals surface area contributed by atoms with Crippen molar-refractivity contribution in [1.29, 1.82) is 0 Å². The monoisotopic (exact) mass is 382 g/mol. The molecule has 0 bridgehead atoms. The van der Waals surface area contributed by atoms with Crippen molar-refractivity contribution in [3.05, 3.63) is 70.0 Å². The lowest BCUT2D eigenvalue weighted by molar-refractivity contribution is 0.171. The van der Waals surface area contributed by atoms with Crippen LogP contribution in [0.1, 0.15) is 30.6 Å². The van der Waals surface area contributed by atoms with E-state index in [4.69, 9.17) is 4.74 Å². The third-order valence-electron chi connectivity index (χ3n) is 4.95. The van der Waals surface area contributed by atoms with Crippen LogP contribution in [0.2, 0.25) is 0 Å². The Bertz CT molecular complexity index is 982. The van der Waals surface area contributed by atoms with Crippen LogP contribution in [-0.4, -0.2) is 34.9 Å². The number of ether oxygens (including phenoxy) is 1. The lowest BCUT2D eigenvalue weighted by Crippen LogP contribution is -2.31. The Balaban J connectivity index is 1.59. The zero-order chi connectivity index (χ0) is 20.1. The topological polar surface area (TPSA) is 94.6 Å². The van der Waals surface area contributed by atoms with Crippen molar-refractivity contribution in [2.24, 2.45) is 0 Å². The quantitative estimate of drug-likeness (QED) is 0.481. The van der Waals surface area contributed by atoms with Crippen molar-refractivity contribution in [1.82, 2.24) is 10.3 Å². The second kappa shape index (κ2) is 8.91. The largest absolute Gasteiger partial charge is 0.506 e. The molecule has 1 aromatic heterocycles. The summed E-state index contributed by atoms with van der Waals surface area (Å²) in [7, 11) is 1.65. The Morgan fingerprint density at radius 1 is 1.11 bits per heavy atom. The highest BCUT2D eigenvalue weighted by Gasteiger charge is 2.15. The number of pyridine rings is 1. The number of aliphatic hydroxyl groups is 1. The normalized spacial score (nSPS) is 13.4. The molecule has 0 saturated heterocycles. The summed E-state index contributed by atoms with van der Waals surface area (Å²) in [6, 6.07) is 14.4. The number of rotatable bonds is 8. The zero-order valence-corrected chi connectivity index (χ0v) is 16.1. The maximum absolute atomic E-state index is 11.5. The van der Waals surface area contributed by atoms with E-state index >= 15 is 0 Å². The highest BCUT2D eigenvalue weighted by Crippen LogP contribution is 2.28. The van der Waals surface area contributed by atoms with Crippen molar-refractivity contribution in [2.45, 2.75) is 31.9 Å². The van der Waals surface area contributed by atoms with Crippen LogP contribution in [-0.2, 0) is 6.42 Å². The summed E-state index contributed by atoms with van der Waals surface area (Å²) in [5, 5.41) is 24.6. The maximum Gasteiger partial charge on any atom is 0.248 e. The first kappa shape index (κ1) is 19.9. The smallest absolute Gasteiger partial charge is 0.248 e. The number of aromatic amines is 1. The summed E-state index contributed by atoms with van der Waals surface area (Å²) in [6.07, 6.45) is 1.11. The molecular formula is C22H26N2O4. The highest BCUT2D eigenvalue weighted by molar-refractivity contribution is 5.87. The van der Waals surface area contributed by atoms with E-state index in [0.29, 0.717) is 23.0 Å². The fourth-order valence-corrected chi connectivity index (χ4v) is 3.25. The minimum atomic E-state index is -0.752. The third kappa shape index (κ3) is 4.71. The van der Waals surface area contributed by atoms with Crippen LogP contribution < -0.4 is 15.6 Å². The van der Waals surface area contributed by atoms with E-state index in [0.717, 1.165) is 18.6 Å². The summed E-state index contributed by atoms with van der Waals surface area (Å²) in [5.74, 6) is 0.838. The Labute approximate surface area is 163 Å². The Morgan fingerprint density at radius 3 is 2.57 bits per heavy atom. The van der Waals surface area contributed by atoms with E-state index in [2.05, 4.69) is 29.4 Å². The molecule has 0 amide bonds. The standard InChI is InChI=1S/C22H26N2O4/c1-14(3-4-15-5-7-16(28-2)8-6-15)23-13-20(26)17-9-11-19(25)22-18(17)10-12-21(27)24-22/h5-12,14,20,23,25-26H,3-4,13H2,1-2H3,(H,24,27). The second-order valence-corrected chi connectivity index (χ2v) is 7.00. The molecule has 6 nitrogen and oxygen atoms in total. The van der Waals surface area contributed by atoms with Gasteiger partial charge in [0.15, 0.2) is 0 Å². The number of nitrogens with one attached hydrogen (secondary N) is 2. The second-order valence-electron chi connectivity index (χ2n) is 7.00. The average Bonchev–Trinajstić information content (AvgIpc) is 2.71. The van der Waals surface area contributed by atoms with Crippen molar-refractivity contribution in [3.63, 3.8) is 0 Å². The van der Waals surface area contributed by atoms with Gasteiger partial charge in [-0.2, -0.15) is 0 Å². The van der Waals surface area contributed by atoms with Crippen molar-refractivity contribution < 1.29 is 14.9 Å². The Hall–Kier alpha value is -2.83. The molecule has 2 aromatic carbocycles. The number of aromatic nitrogens is 1. The van der Waals surface area contributed by atoms with Gasteiger partial charge in [0.1, 0.15) is 11.5 Å². The number of methoxy groups -OCH3 is 1. The molecule has 6 heteroatoms. The predicted molar refractivity (Wildman–Crippen MR) is 110 cm³/mol. The summed E-state index contributed by atoms with van der Waals surface area (Å²) in [5.41, 5.74) is 1.96. The fourth-order valence-electron chi connectivity index (χ4n) is 3.25. The minimum absolute atomic E-state index is 0.00975. The van der Waals surface area contributed by atoms with E-state index in [1.165, 1.54) is 17.7 Å². The van der Waals surface area contributed by atoms with Crippen LogP contribution in [0.15, 0.2) is 53.3 Å². The fraction of sp³-hybridized carbons (Fsp3) is 0.318. The number of aromatic hydroxyl groups is 1. The molecule has 0 aliphatic carbocycles. The van der Waals surface area contributed by atoms with Gasteiger partial charge >= 0.3 is 0 Å². The summed E-state index contributed by atoms with van der Waals surface area (Å²) in [4.78, 5) is 14.1. The van der Waals surface area contributed by atoms with Crippen LogP contribution in [0.3, 0.4) is 0 Å². The summed E-state index contributed by atoms with van der Waals surface area (Å²) in [6.45, 7) is 2.46. The molecule has 0 aliphatic rings. The molecule has 3 aromatic rings. The van der Waals surface area contributed by atoms with Gasteiger partial charge in [0.2, 0.25) is 5.56 Å². The van der Waals surface area contributed by atoms with Crippen molar-refractivity contribution >= 4 is 10.9 Å². The summed E-state index contributed by atoms with van der Waals surface area (Å²) < 4.78 is 5.17. The molecule has 28 heavy (non-hydrogen) atoms. The van der Waals surface area contributed by atoms with Gasteiger partial charge in [-0.05, 0) is 55.2 Å². The van der Waals surface area contributed by atoms with Crippen molar-refractivity contribution in [3.8, 4) is 11.5 Å². The van der Waals surface area contributed by atoms with Crippen LogP contribution in [0.25, 0.3) is 10.9 Å². The summed E-state index contributed by atoms with van der Waals surface area (Å²) >= 11 is 0. The number of aliphatic hydroxyl groups excluding tert-OH is 1. The molecule has 0 spiro atoms. The van der Waals surface area contributed by atoms with E-state index in [9.17, 15) is 15.0 Å². The van der Waals surface area contributed by atoms with Gasteiger partial charge in [0.05, 0.1) is 18.7 Å². The average molecular weight is 382 g/mol. The van der Waals surface area contributed by atoms with Crippen LogP contribution >= 0.6 is 0 Å². The van der Waals surface area contributed by atoms with Gasteiger partial charge in [0.25, 0.3) is 0 Å². The SMILES string of the molecule is COc1ccc(CCC(C)NCC(O)c2ccc(O)c3[nH]c(=O)ccc23)cc1. The molecule has 1 heterocycles. The highest BCUT2D eigenvalue weighted by atomic mass is 16.5. The van der Waals surface area contributed by atoms with Crippen LogP contribution in [0, 0.1) is 0 Å². The molecule has 148 valence electrons. The predicted octanol–water partition coefficient (Wildman–Crippen LogP) is 2.89. The molecule has 0 fully saturated rings. The third-order valence-corrected chi connectivity index (χ3v) is 4.95. The number of hydrogen-bond donors (Lipinski definition) is 4. The van der Waals surface area contributed by atoms with Gasteiger partial charge in [-0.1, -0.05) is 18.2 Å². The number of H-pyrrole nitrogens is 1. The number of benzene rings is 2. The minimum Gasteiger partial charge on any atom is -0.506 e. The van der Waals surface area contributed by atoms with Crippen LogP contribution in [0.4, 0.5) is 0 Å². The van der Waals surface area contributed by atoms with E-state index in [1.54, 1.807) is 19.2 Å². The van der Waals surface area contributed by atoms with Gasteiger partial charge < -0.3 is 25.3 Å². The van der Waals surface area contributed by atoms with Crippen LogP contribution in [0.5, 0.6) is 11.5 Å². The molecular weight excluding hydrogens is 356 g/mol. The molecule has 4 N–H and O–H groups in total. The number of hydrogen-bond acceptors (Lipinski definition) is 5. The Kier molecular flexibility index (Phi) is 6.34. The molecule has 0 aliphatic heterocycles. The van der Waals surface area contributed by atoms with E-state index < -0.39 is 6.10 Å². The number of phenols is 1. The maximum atomic E-state index is 11.5. The number of fused-ring (bicyclic) bond motifs is 1. The molecule has 3 rings (SSSR count). The van der Waals surface area contributed by atoms with E-state index in [1.807, 2.05) is 12.1 Å². The molecule has 0 saturated carbocycles. The van der Waals surface area contributed by atoms with Gasteiger partial charge in [0, 0.05) is 24.0 Å². The van der Waals surface area contributed by atoms with E-state index in [-0.39, 0.29) is 17.4 Å². The number of phenolic OH excluding ortho intramolecular Hbond substituents is 1. The van der Waals surface area contributed by atoms with Crippen molar-refractivity contribution in [2.75, 3.05) is 13.7 Å². The zero-order valence-electron chi connectivity index (χ0n) is 16.1. The first-order chi connectivity index (χ1) is 13.5. The molecule has 0 radical (unpaired) electrons. The number of aryl methyl sites for hydroxylation is 1. The lowest BCUT2D eigenvalue weighted by atomic mass is 10.0. The Morgan fingerprint density at radius 2 is 1.86 bits per heavy atom.